The van der Waals surface area contributed by atoms with Crippen molar-refractivity contribution >= 4 is 0 Å². The molecule has 0 saturated heterocycles. The summed E-state index contributed by atoms with van der Waals surface area (Å²) in [7, 11) is 0. The van der Waals surface area contributed by atoms with Crippen LogP contribution in [-0.4, -0.2) is 9.78 Å². The second kappa shape index (κ2) is 3.63. The Hall–Kier alpha value is -0.830. The van der Waals surface area contributed by atoms with E-state index in [1.165, 1.54) is 24.1 Å². The van der Waals surface area contributed by atoms with Crippen LogP contribution in [0, 0.1) is 19.8 Å². The summed E-state index contributed by atoms with van der Waals surface area (Å²) in [5.41, 5.74) is 9.54. The molecule has 0 aromatic carbocycles. The van der Waals surface area contributed by atoms with E-state index in [9.17, 15) is 0 Å². The van der Waals surface area contributed by atoms with Crippen LogP contribution in [0.2, 0.25) is 0 Å². The molecule has 3 nitrogen and oxygen atoms in total. The average molecular weight is 207 g/mol. The largest absolute Gasteiger partial charge is 0.324 e. The van der Waals surface area contributed by atoms with Crippen molar-refractivity contribution < 1.29 is 0 Å². The molecule has 2 N–H and O–H groups in total. The minimum absolute atomic E-state index is 0.0881. The molecule has 1 aromatic rings. The lowest BCUT2D eigenvalue weighted by atomic mass is 10.1. The molecule has 84 valence electrons. The summed E-state index contributed by atoms with van der Waals surface area (Å²) in [5.74, 6) is 0.837. The molecule has 15 heavy (non-hydrogen) atoms. The van der Waals surface area contributed by atoms with Crippen LogP contribution >= 0.6 is 0 Å². The molecule has 1 aliphatic rings. The number of hydrogen-bond donors (Lipinski definition) is 1. The fourth-order valence-electron chi connectivity index (χ4n) is 2.51. The Bertz CT molecular complexity index is 361. The van der Waals surface area contributed by atoms with Gasteiger partial charge in [-0.1, -0.05) is 0 Å². The molecule has 0 spiro atoms. The number of aryl methyl sites for hydroxylation is 1. The summed E-state index contributed by atoms with van der Waals surface area (Å²) < 4.78 is 2.17. The van der Waals surface area contributed by atoms with Crippen molar-refractivity contribution in [2.45, 2.75) is 52.6 Å². The third-order valence-corrected chi connectivity index (χ3v) is 3.53. The summed E-state index contributed by atoms with van der Waals surface area (Å²) in [6, 6.07) is 0.626. The van der Waals surface area contributed by atoms with Crippen LogP contribution in [-0.2, 0) is 0 Å². The van der Waals surface area contributed by atoms with E-state index >= 15 is 0 Å². The highest BCUT2D eigenvalue weighted by atomic mass is 15.3. The highest BCUT2D eigenvalue weighted by Crippen LogP contribution is 2.40. The maximum Gasteiger partial charge on any atom is 0.0644 e. The highest BCUT2D eigenvalue weighted by molar-refractivity contribution is 5.27. The van der Waals surface area contributed by atoms with E-state index < -0.39 is 0 Å². The normalized spacial score (nSPS) is 20.3. The SMILES string of the molecule is Cc1nn(C(C)C2CC2)c(C)c1C(C)N. The van der Waals surface area contributed by atoms with Crippen LogP contribution in [0.4, 0.5) is 0 Å². The van der Waals surface area contributed by atoms with E-state index in [0.717, 1.165) is 11.6 Å². The molecule has 3 heteroatoms. The maximum atomic E-state index is 5.97. The fourth-order valence-corrected chi connectivity index (χ4v) is 2.51. The first-order valence-electron chi connectivity index (χ1n) is 5.83. The van der Waals surface area contributed by atoms with Crippen LogP contribution in [0.3, 0.4) is 0 Å². The van der Waals surface area contributed by atoms with Crippen molar-refractivity contribution in [1.29, 1.82) is 0 Å². The summed E-state index contributed by atoms with van der Waals surface area (Å²) in [4.78, 5) is 0. The topological polar surface area (TPSA) is 43.8 Å². The number of nitrogens with two attached hydrogens (primary N) is 1. The van der Waals surface area contributed by atoms with Crippen molar-refractivity contribution in [1.82, 2.24) is 9.78 Å². The van der Waals surface area contributed by atoms with Gasteiger partial charge in [0.2, 0.25) is 0 Å². The predicted molar refractivity (Wildman–Crippen MR) is 61.7 cm³/mol. The smallest absolute Gasteiger partial charge is 0.0644 e. The first kappa shape index (κ1) is 10.7. The lowest BCUT2D eigenvalue weighted by Crippen LogP contribution is -2.12. The van der Waals surface area contributed by atoms with Gasteiger partial charge in [-0.25, -0.2) is 0 Å². The first-order chi connectivity index (χ1) is 7.02. The van der Waals surface area contributed by atoms with Gasteiger partial charge in [-0.05, 0) is 46.5 Å². The van der Waals surface area contributed by atoms with Gasteiger partial charge in [-0.3, -0.25) is 4.68 Å². The van der Waals surface area contributed by atoms with Crippen molar-refractivity contribution in [3.63, 3.8) is 0 Å². The highest BCUT2D eigenvalue weighted by Gasteiger charge is 2.31. The summed E-state index contributed by atoms with van der Waals surface area (Å²) in [6.07, 6.45) is 2.71. The molecule has 0 radical (unpaired) electrons. The monoisotopic (exact) mass is 207 g/mol. The van der Waals surface area contributed by atoms with Gasteiger partial charge in [0, 0.05) is 17.3 Å². The second-order valence-electron chi connectivity index (χ2n) is 4.90. The summed E-state index contributed by atoms with van der Waals surface area (Å²) in [5, 5.41) is 4.63. The number of nitrogens with zero attached hydrogens (tertiary/aromatic N) is 2. The van der Waals surface area contributed by atoms with E-state index in [1.54, 1.807) is 0 Å². The molecule has 1 fully saturated rings. The van der Waals surface area contributed by atoms with Crippen LogP contribution < -0.4 is 5.73 Å². The van der Waals surface area contributed by atoms with Gasteiger partial charge >= 0.3 is 0 Å². The lowest BCUT2D eigenvalue weighted by Gasteiger charge is -2.14. The van der Waals surface area contributed by atoms with Gasteiger partial charge in [-0.15, -0.1) is 0 Å². The van der Waals surface area contributed by atoms with Crippen LogP contribution in [0.1, 0.15) is 55.7 Å². The molecule has 1 aromatic heterocycles. The molecular weight excluding hydrogens is 186 g/mol. The zero-order valence-electron chi connectivity index (χ0n) is 10.1. The molecule has 0 aliphatic heterocycles. The zero-order chi connectivity index (χ0) is 11.2. The average Bonchev–Trinajstić information content (AvgIpc) is 2.91. The summed E-state index contributed by atoms with van der Waals surface area (Å²) >= 11 is 0. The number of hydrogen-bond acceptors (Lipinski definition) is 2. The van der Waals surface area contributed by atoms with Gasteiger partial charge in [0.15, 0.2) is 0 Å². The zero-order valence-corrected chi connectivity index (χ0v) is 10.1. The van der Waals surface area contributed by atoms with Gasteiger partial charge in [-0.2, -0.15) is 5.10 Å². The van der Waals surface area contributed by atoms with E-state index in [4.69, 9.17) is 5.73 Å². The van der Waals surface area contributed by atoms with Gasteiger partial charge in [0.05, 0.1) is 11.7 Å². The molecule has 0 bridgehead atoms. The van der Waals surface area contributed by atoms with Gasteiger partial charge < -0.3 is 5.73 Å². The van der Waals surface area contributed by atoms with Crippen molar-refractivity contribution in [3.8, 4) is 0 Å². The molecule has 1 heterocycles. The van der Waals surface area contributed by atoms with Crippen molar-refractivity contribution in [2.24, 2.45) is 11.7 Å². The predicted octanol–water partition coefficient (Wildman–Crippen LogP) is 2.49. The van der Waals surface area contributed by atoms with Gasteiger partial charge in [0.25, 0.3) is 0 Å². The Morgan fingerprint density at radius 3 is 2.33 bits per heavy atom. The Kier molecular flexibility index (Phi) is 2.59. The molecule has 0 amide bonds. The third-order valence-electron chi connectivity index (χ3n) is 3.53. The Labute approximate surface area is 91.7 Å². The summed E-state index contributed by atoms with van der Waals surface area (Å²) in [6.45, 7) is 8.49. The molecule has 1 aliphatic carbocycles. The molecule has 1 saturated carbocycles. The molecule has 2 atom stereocenters. The minimum atomic E-state index is 0.0881. The van der Waals surface area contributed by atoms with Crippen LogP contribution in [0.5, 0.6) is 0 Å². The maximum absolute atomic E-state index is 5.97. The van der Waals surface area contributed by atoms with E-state index in [-0.39, 0.29) is 6.04 Å². The van der Waals surface area contributed by atoms with Crippen LogP contribution in [0.15, 0.2) is 0 Å². The Balaban J connectivity index is 2.36. The first-order valence-corrected chi connectivity index (χ1v) is 5.83. The fraction of sp³-hybridized carbons (Fsp3) is 0.750. The molecular formula is C12H21N3. The second-order valence-corrected chi connectivity index (χ2v) is 4.90. The van der Waals surface area contributed by atoms with Crippen LogP contribution in [0.25, 0.3) is 0 Å². The molecule has 2 unspecified atom stereocenters. The van der Waals surface area contributed by atoms with E-state index in [2.05, 4.69) is 30.6 Å². The minimum Gasteiger partial charge on any atom is -0.324 e. The van der Waals surface area contributed by atoms with E-state index in [1.807, 2.05) is 6.92 Å². The van der Waals surface area contributed by atoms with Gasteiger partial charge in [0.1, 0.15) is 0 Å². The van der Waals surface area contributed by atoms with E-state index in [0.29, 0.717) is 6.04 Å². The number of rotatable bonds is 3. The van der Waals surface area contributed by atoms with Crippen molar-refractivity contribution in [2.75, 3.05) is 0 Å². The standard InChI is InChI=1S/C12H21N3/c1-7(13)12-8(2)14-15(10(12)4)9(3)11-5-6-11/h7,9,11H,5-6,13H2,1-4H3. The Morgan fingerprint density at radius 1 is 1.33 bits per heavy atom. The quantitative estimate of drug-likeness (QED) is 0.827. The third kappa shape index (κ3) is 1.81. The molecule has 2 rings (SSSR count). The lowest BCUT2D eigenvalue weighted by molar-refractivity contribution is 0.428. The van der Waals surface area contributed by atoms with Crippen molar-refractivity contribution in [3.05, 3.63) is 17.0 Å². The Morgan fingerprint density at radius 2 is 1.93 bits per heavy atom. The number of aromatic nitrogens is 2.